The quantitative estimate of drug-likeness (QED) is 0.575. The first-order valence-corrected chi connectivity index (χ1v) is 12.8. The summed E-state index contributed by atoms with van der Waals surface area (Å²) >= 11 is 0. The van der Waals surface area contributed by atoms with Gasteiger partial charge in [-0.05, 0) is 61.3 Å². The van der Waals surface area contributed by atoms with E-state index in [1.807, 2.05) is 12.1 Å². The van der Waals surface area contributed by atoms with Crippen LogP contribution in [0.3, 0.4) is 0 Å². The summed E-state index contributed by atoms with van der Waals surface area (Å²) in [7, 11) is 1.76. The van der Waals surface area contributed by atoms with Crippen molar-refractivity contribution in [1.82, 2.24) is 15.0 Å². The van der Waals surface area contributed by atoms with E-state index in [9.17, 15) is 4.79 Å². The number of carbonyl (C=O) groups is 1. The molecule has 8 heteroatoms. The highest BCUT2D eigenvalue weighted by atomic mass is 16.5. The number of anilines is 1. The predicted molar refractivity (Wildman–Crippen MR) is 135 cm³/mol. The molecular weight excluding hydrogens is 444 g/mol. The van der Waals surface area contributed by atoms with Crippen LogP contribution in [0, 0.1) is 11.8 Å². The smallest absolute Gasteiger partial charge is 0.324 e. The monoisotopic (exact) mass is 482 g/mol. The fourth-order valence-corrected chi connectivity index (χ4v) is 4.75. The van der Waals surface area contributed by atoms with Crippen molar-refractivity contribution in [3.8, 4) is 5.75 Å². The molecule has 1 N–H and O–H groups in total. The van der Waals surface area contributed by atoms with E-state index < -0.39 is 0 Å². The number of aliphatic hydroxyl groups excluding tert-OH is 1. The predicted octanol–water partition coefficient (Wildman–Crippen LogP) is 4.12. The maximum Gasteiger partial charge on any atom is 0.324 e. The Labute approximate surface area is 207 Å². The minimum absolute atomic E-state index is 0.00298. The molecule has 2 aliphatic rings. The minimum Gasteiger partial charge on any atom is -0.493 e. The van der Waals surface area contributed by atoms with Gasteiger partial charge in [0.25, 0.3) is 0 Å². The normalized spacial score (nSPS) is 19.1. The second-order valence-electron chi connectivity index (χ2n) is 10.0. The fraction of sp³-hybridized carbons (Fsp3) is 0.593. The Morgan fingerprint density at radius 3 is 2.57 bits per heavy atom. The summed E-state index contributed by atoms with van der Waals surface area (Å²) < 4.78 is 11.5. The first-order valence-electron chi connectivity index (χ1n) is 12.8. The number of aliphatic hydroxyl groups is 1. The number of carbonyl (C=O) groups excluding carboxylic acids is 1. The van der Waals surface area contributed by atoms with Crippen molar-refractivity contribution in [3.05, 3.63) is 41.7 Å². The van der Waals surface area contributed by atoms with Crippen LogP contribution in [0.15, 0.2) is 34.9 Å². The standard InChI is InChI=1S/C27H38N4O4/c1-19(2)25-28-27(35-29-25)31-14-12-20(13-15-31)18-34-24-10-8-22(9-11-24)21-4-6-23(7-5-21)26(33)30(3)16-17-32/h4,8-11,19-20,23,32H,5-7,12-18H2,1-3H3. The van der Waals surface area contributed by atoms with Gasteiger partial charge in [0, 0.05) is 38.5 Å². The SMILES string of the molecule is CC(C)c1noc(N2CCC(COc3ccc(C4=CCC(C(=O)N(C)CCO)CC4)cc3)CC2)n1. The molecule has 2 heterocycles. The number of hydrogen-bond donors (Lipinski definition) is 1. The summed E-state index contributed by atoms with van der Waals surface area (Å²) in [5, 5.41) is 13.1. The van der Waals surface area contributed by atoms with Crippen molar-refractivity contribution in [1.29, 1.82) is 0 Å². The van der Waals surface area contributed by atoms with Crippen molar-refractivity contribution < 1.29 is 19.2 Å². The average molecular weight is 483 g/mol. The second kappa shape index (κ2) is 11.7. The van der Waals surface area contributed by atoms with Crippen LogP contribution in [0.5, 0.6) is 5.75 Å². The van der Waals surface area contributed by atoms with Crippen molar-refractivity contribution in [2.24, 2.45) is 11.8 Å². The Balaban J connectivity index is 1.22. The number of aromatic nitrogens is 2. The third-order valence-corrected chi connectivity index (χ3v) is 7.12. The Morgan fingerprint density at radius 1 is 1.23 bits per heavy atom. The van der Waals surface area contributed by atoms with Crippen LogP contribution in [0.2, 0.25) is 0 Å². The van der Waals surface area contributed by atoms with E-state index in [0.717, 1.165) is 56.8 Å². The largest absolute Gasteiger partial charge is 0.493 e. The summed E-state index contributed by atoms with van der Waals surface area (Å²) in [4.78, 5) is 20.8. The number of piperidine rings is 1. The van der Waals surface area contributed by atoms with Gasteiger partial charge < -0.3 is 24.2 Å². The number of amides is 1. The minimum atomic E-state index is 0.00298. The first kappa shape index (κ1) is 25.2. The van der Waals surface area contributed by atoms with E-state index in [0.29, 0.717) is 25.1 Å². The highest BCUT2D eigenvalue weighted by molar-refractivity contribution is 5.80. The van der Waals surface area contributed by atoms with Crippen LogP contribution in [-0.4, -0.2) is 65.9 Å². The van der Waals surface area contributed by atoms with Crippen molar-refractivity contribution >= 4 is 17.5 Å². The maximum atomic E-state index is 12.4. The lowest BCUT2D eigenvalue weighted by atomic mass is 9.86. The van der Waals surface area contributed by atoms with E-state index in [1.54, 1.807) is 11.9 Å². The molecule has 0 spiro atoms. The topological polar surface area (TPSA) is 91.9 Å². The molecule has 0 radical (unpaired) electrons. The number of ether oxygens (including phenoxy) is 1. The highest BCUT2D eigenvalue weighted by Gasteiger charge is 2.25. The molecule has 1 atom stereocenters. The highest BCUT2D eigenvalue weighted by Crippen LogP contribution is 2.32. The van der Waals surface area contributed by atoms with E-state index in [4.69, 9.17) is 14.4 Å². The molecule has 35 heavy (non-hydrogen) atoms. The molecule has 1 amide bonds. The molecule has 1 aromatic carbocycles. The number of nitrogens with zero attached hydrogens (tertiary/aromatic N) is 4. The van der Waals surface area contributed by atoms with Gasteiger partial charge in [-0.2, -0.15) is 4.98 Å². The van der Waals surface area contributed by atoms with Crippen molar-refractivity contribution in [2.75, 3.05) is 44.8 Å². The Morgan fingerprint density at radius 2 is 1.97 bits per heavy atom. The van der Waals surface area contributed by atoms with Gasteiger partial charge >= 0.3 is 6.01 Å². The molecule has 1 aliphatic heterocycles. The number of likely N-dealkylation sites (N-methyl/N-ethyl adjacent to an activating group) is 1. The maximum absolute atomic E-state index is 12.4. The van der Waals surface area contributed by atoms with Gasteiger partial charge in [0.05, 0.1) is 13.2 Å². The van der Waals surface area contributed by atoms with E-state index >= 15 is 0 Å². The lowest BCUT2D eigenvalue weighted by Gasteiger charge is -2.30. The van der Waals surface area contributed by atoms with Gasteiger partial charge in [-0.3, -0.25) is 4.79 Å². The van der Waals surface area contributed by atoms with Crippen molar-refractivity contribution in [2.45, 2.75) is 51.9 Å². The molecule has 1 unspecified atom stereocenters. The molecule has 1 saturated heterocycles. The number of rotatable bonds is 9. The molecule has 0 bridgehead atoms. The summed E-state index contributed by atoms with van der Waals surface area (Å²) in [6.45, 7) is 7.04. The molecule has 8 nitrogen and oxygen atoms in total. The third-order valence-electron chi connectivity index (χ3n) is 7.12. The summed E-state index contributed by atoms with van der Waals surface area (Å²) in [6.07, 6.45) is 6.76. The van der Waals surface area contributed by atoms with Gasteiger partial charge in [-0.1, -0.05) is 37.2 Å². The molecular formula is C27H38N4O4. The zero-order valence-corrected chi connectivity index (χ0v) is 21.2. The van der Waals surface area contributed by atoms with Crippen LogP contribution in [0.25, 0.3) is 5.57 Å². The molecule has 0 saturated carbocycles. The lowest BCUT2D eigenvalue weighted by molar-refractivity contribution is -0.134. The van der Waals surface area contributed by atoms with Crippen LogP contribution in [-0.2, 0) is 4.79 Å². The fourth-order valence-electron chi connectivity index (χ4n) is 4.75. The summed E-state index contributed by atoms with van der Waals surface area (Å²) in [5.41, 5.74) is 2.49. The van der Waals surface area contributed by atoms with E-state index in [-0.39, 0.29) is 24.3 Å². The van der Waals surface area contributed by atoms with Gasteiger partial charge in [0.1, 0.15) is 5.75 Å². The molecule has 4 rings (SSSR count). The molecule has 1 aliphatic carbocycles. The Hall–Kier alpha value is -2.87. The van der Waals surface area contributed by atoms with Crippen LogP contribution in [0.4, 0.5) is 6.01 Å². The van der Waals surface area contributed by atoms with Crippen molar-refractivity contribution in [3.63, 3.8) is 0 Å². The van der Waals surface area contributed by atoms with Crippen LogP contribution in [0.1, 0.15) is 63.3 Å². The molecule has 2 aromatic rings. The number of allylic oxidation sites excluding steroid dienone is 2. The number of benzene rings is 1. The average Bonchev–Trinajstić information content (AvgIpc) is 3.39. The Bertz CT molecular complexity index is 993. The van der Waals surface area contributed by atoms with Crippen LogP contribution < -0.4 is 9.64 Å². The van der Waals surface area contributed by atoms with Gasteiger partial charge in [-0.15, -0.1) is 0 Å². The Kier molecular flexibility index (Phi) is 8.44. The third kappa shape index (κ3) is 6.42. The van der Waals surface area contributed by atoms with E-state index in [1.165, 1.54) is 11.1 Å². The van der Waals surface area contributed by atoms with Gasteiger partial charge in [0.2, 0.25) is 5.91 Å². The first-order chi connectivity index (χ1) is 16.9. The van der Waals surface area contributed by atoms with E-state index in [2.05, 4.69) is 47.1 Å². The second-order valence-corrected chi connectivity index (χ2v) is 10.0. The molecule has 1 aromatic heterocycles. The molecule has 1 fully saturated rings. The van der Waals surface area contributed by atoms with Gasteiger partial charge in [0.15, 0.2) is 5.82 Å². The molecule has 190 valence electrons. The zero-order chi connectivity index (χ0) is 24.8. The van der Waals surface area contributed by atoms with Gasteiger partial charge in [-0.25, -0.2) is 0 Å². The summed E-state index contributed by atoms with van der Waals surface area (Å²) in [6, 6.07) is 8.96. The number of hydrogen-bond acceptors (Lipinski definition) is 7. The summed E-state index contributed by atoms with van der Waals surface area (Å²) in [5.74, 6) is 2.58. The van der Waals surface area contributed by atoms with Crippen LogP contribution >= 0.6 is 0 Å². The lowest BCUT2D eigenvalue weighted by Crippen LogP contribution is -2.35. The zero-order valence-electron chi connectivity index (χ0n) is 21.2.